The predicted molar refractivity (Wildman–Crippen MR) is 128 cm³/mol. The Morgan fingerprint density at radius 2 is 1.39 bits per heavy atom. The standard InChI is InChI=1S/C29H31F3O/c1-3-5-19-6-8-20(9-7-19)23-14-15-24(26(30)18-23)21-10-12-22(13-11-21)25-16-17-27(33-4-2)29(32)28(25)31/h10-20H,3-9H2,1-2H3. The van der Waals surface area contributed by atoms with Crippen LogP contribution in [-0.2, 0) is 0 Å². The van der Waals surface area contributed by atoms with Gasteiger partial charge in [0.15, 0.2) is 11.6 Å². The Morgan fingerprint density at radius 1 is 0.758 bits per heavy atom. The van der Waals surface area contributed by atoms with E-state index in [-0.39, 0.29) is 23.7 Å². The molecule has 3 aromatic carbocycles. The van der Waals surface area contributed by atoms with Gasteiger partial charge in [0.1, 0.15) is 5.82 Å². The first-order valence-corrected chi connectivity index (χ1v) is 12.0. The van der Waals surface area contributed by atoms with Crippen LogP contribution in [0.2, 0.25) is 0 Å². The van der Waals surface area contributed by atoms with Crippen LogP contribution in [0.5, 0.6) is 5.75 Å². The number of benzene rings is 3. The molecular weight excluding hydrogens is 421 g/mol. The molecule has 0 amide bonds. The second kappa shape index (κ2) is 10.5. The number of ether oxygens (including phenoxy) is 1. The fraction of sp³-hybridized carbons (Fsp3) is 0.379. The summed E-state index contributed by atoms with van der Waals surface area (Å²) >= 11 is 0. The quantitative estimate of drug-likeness (QED) is 0.348. The highest BCUT2D eigenvalue weighted by molar-refractivity contribution is 5.71. The molecule has 0 heterocycles. The van der Waals surface area contributed by atoms with Gasteiger partial charge in [0.25, 0.3) is 0 Å². The molecule has 0 N–H and O–H groups in total. The maximum atomic E-state index is 15.0. The van der Waals surface area contributed by atoms with Gasteiger partial charge in [0.05, 0.1) is 6.61 Å². The molecule has 0 aromatic heterocycles. The Hall–Kier alpha value is -2.75. The maximum Gasteiger partial charge on any atom is 0.201 e. The molecule has 0 spiro atoms. The van der Waals surface area contributed by atoms with Gasteiger partial charge in [-0.05, 0) is 79.3 Å². The Kier molecular flexibility index (Phi) is 7.42. The molecule has 0 aliphatic heterocycles. The lowest BCUT2D eigenvalue weighted by molar-refractivity contribution is 0.308. The van der Waals surface area contributed by atoms with Crippen LogP contribution in [0.4, 0.5) is 13.2 Å². The zero-order chi connectivity index (χ0) is 23.4. The zero-order valence-corrected chi connectivity index (χ0v) is 19.3. The van der Waals surface area contributed by atoms with E-state index in [1.807, 2.05) is 12.1 Å². The summed E-state index contributed by atoms with van der Waals surface area (Å²) < 4.78 is 48.9. The Labute approximate surface area is 194 Å². The highest BCUT2D eigenvalue weighted by atomic mass is 19.2. The van der Waals surface area contributed by atoms with Gasteiger partial charge in [0.2, 0.25) is 5.82 Å². The molecule has 1 saturated carbocycles. The predicted octanol–water partition coefficient (Wildman–Crippen LogP) is 8.91. The molecular formula is C29H31F3O. The van der Waals surface area contributed by atoms with E-state index in [1.165, 1.54) is 37.8 Å². The van der Waals surface area contributed by atoms with Gasteiger partial charge in [0, 0.05) is 11.1 Å². The Balaban J connectivity index is 1.51. The van der Waals surface area contributed by atoms with E-state index < -0.39 is 11.6 Å². The Morgan fingerprint density at radius 3 is 2.00 bits per heavy atom. The summed E-state index contributed by atoms with van der Waals surface area (Å²) in [6, 6.07) is 15.4. The highest BCUT2D eigenvalue weighted by Crippen LogP contribution is 2.39. The molecule has 0 unspecified atom stereocenters. The summed E-state index contributed by atoms with van der Waals surface area (Å²) in [5.74, 6) is -1.03. The van der Waals surface area contributed by atoms with Crippen molar-refractivity contribution in [2.75, 3.05) is 6.61 Å². The summed E-state index contributed by atoms with van der Waals surface area (Å²) in [7, 11) is 0. The summed E-state index contributed by atoms with van der Waals surface area (Å²) in [4.78, 5) is 0. The van der Waals surface area contributed by atoms with Crippen molar-refractivity contribution in [3.05, 3.63) is 77.6 Å². The first-order valence-electron chi connectivity index (χ1n) is 12.0. The third kappa shape index (κ3) is 5.10. The minimum atomic E-state index is -0.996. The molecule has 1 fully saturated rings. The normalized spacial score (nSPS) is 18.3. The number of hydrogen-bond acceptors (Lipinski definition) is 1. The van der Waals surface area contributed by atoms with E-state index in [2.05, 4.69) is 6.92 Å². The van der Waals surface area contributed by atoms with Gasteiger partial charge in [-0.1, -0.05) is 56.2 Å². The third-order valence-electron chi connectivity index (χ3n) is 6.86. The molecule has 1 aliphatic rings. The fourth-order valence-electron chi connectivity index (χ4n) is 5.06. The van der Waals surface area contributed by atoms with Crippen molar-refractivity contribution in [2.45, 2.75) is 58.3 Å². The van der Waals surface area contributed by atoms with Crippen LogP contribution in [0.3, 0.4) is 0 Å². The van der Waals surface area contributed by atoms with E-state index in [4.69, 9.17) is 4.74 Å². The minimum Gasteiger partial charge on any atom is -0.491 e. The van der Waals surface area contributed by atoms with Gasteiger partial charge in [-0.25, -0.2) is 8.78 Å². The lowest BCUT2D eigenvalue weighted by Gasteiger charge is -2.28. The maximum absolute atomic E-state index is 15.0. The zero-order valence-electron chi connectivity index (χ0n) is 19.3. The average molecular weight is 453 g/mol. The molecule has 0 saturated heterocycles. The summed E-state index contributed by atoms with van der Waals surface area (Å²) in [5.41, 5.74) is 2.98. The Bertz CT molecular complexity index is 1080. The lowest BCUT2D eigenvalue weighted by Crippen LogP contribution is -2.13. The van der Waals surface area contributed by atoms with E-state index in [0.717, 1.165) is 24.3 Å². The molecule has 33 heavy (non-hydrogen) atoms. The van der Waals surface area contributed by atoms with Crippen molar-refractivity contribution in [2.24, 2.45) is 5.92 Å². The molecule has 3 aromatic rings. The van der Waals surface area contributed by atoms with Crippen molar-refractivity contribution in [3.63, 3.8) is 0 Å². The number of hydrogen-bond donors (Lipinski definition) is 0. The summed E-state index contributed by atoms with van der Waals surface area (Å²) in [6.45, 7) is 4.21. The molecule has 4 heteroatoms. The first-order chi connectivity index (χ1) is 16.0. The van der Waals surface area contributed by atoms with Gasteiger partial charge in [-0.15, -0.1) is 0 Å². The average Bonchev–Trinajstić information content (AvgIpc) is 2.83. The van der Waals surface area contributed by atoms with E-state index in [9.17, 15) is 8.78 Å². The van der Waals surface area contributed by atoms with Crippen LogP contribution < -0.4 is 4.74 Å². The summed E-state index contributed by atoms with van der Waals surface area (Å²) in [5, 5.41) is 0. The van der Waals surface area contributed by atoms with Crippen LogP contribution in [0.25, 0.3) is 22.3 Å². The monoisotopic (exact) mass is 452 g/mol. The fourth-order valence-corrected chi connectivity index (χ4v) is 5.06. The van der Waals surface area contributed by atoms with Crippen LogP contribution >= 0.6 is 0 Å². The van der Waals surface area contributed by atoms with Crippen LogP contribution in [0, 0.1) is 23.4 Å². The smallest absolute Gasteiger partial charge is 0.201 e. The third-order valence-corrected chi connectivity index (χ3v) is 6.86. The van der Waals surface area contributed by atoms with Crippen molar-refractivity contribution < 1.29 is 17.9 Å². The molecule has 174 valence electrons. The topological polar surface area (TPSA) is 9.23 Å². The molecule has 1 aliphatic carbocycles. The molecule has 1 nitrogen and oxygen atoms in total. The van der Waals surface area contributed by atoms with Crippen LogP contribution in [0.1, 0.15) is 63.9 Å². The minimum absolute atomic E-state index is 0.101. The van der Waals surface area contributed by atoms with Crippen LogP contribution in [0.15, 0.2) is 54.6 Å². The number of rotatable bonds is 7. The van der Waals surface area contributed by atoms with Crippen LogP contribution in [-0.4, -0.2) is 6.61 Å². The SMILES string of the molecule is CCCC1CCC(c2ccc(-c3ccc(-c4ccc(OCC)c(F)c4F)cc3)c(F)c2)CC1. The summed E-state index contributed by atoms with van der Waals surface area (Å²) in [6.07, 6.45) is 7.24. The lowest BCUT2D eigenvalue weighted by atomic mass is 9.77. The van der Waals surface area contributed by atoms with Gasteiger partial charge < -0.3 is 4.74 Å². The second-order valence-corrected chi connectivity index (χ2v) is 9.00. The largest absolute Gasteiger partial charge is 0.491 e. The van der Waals surface area contributed by atoms with E-state index >= 15 is 4.39 Å². The van der Waals surface area contributed by atoms with Gasteiger partial charge >= 0.3 is 0 Å². The number of halogens is 3. The second-order valence-electron chi connectivity index (χ2n) is 9.00. The van der Waals surface area contributed by atoms with Crippen molar-refractivity contribution in [1.82, 2.24) is 0 Å². The molecule has 0 bridgehead atoms. The molecule has 0 atom stereocenters. The molecule has 4 rings (SSSR count). The van der Waals surface area contributed by atoms with Gasteiger partial charge in [-0.3, -0.25) is 0 Å². The van der Waals surface area contributed by atoms with Crippen molar-refractivity contribution >= 4 is 0 Å². The van der Waals surface area contributed by atoms with Gasteiger partial charge in [-0.2, -0.15) is 4.39 Å². The van der Waals surface area contributed by atoms with E-state index in [1.54, 1.807) is 37.3 Å². The highest BCUT2D eigenvalue weighted by Gasteiger charge is 2.23. The molecule has 0 radical (unpaired) electrons. The van der Waals surface area contributed by atoms with Crippen molar-refractivity contribution in [3.8, 4) is 28.0 Å². The van der Waals surface area contributed by atoms with E-state index in [0.29, 0.717) is 22.6 Å². The van der Waals surface area contributed by atoms with Crippen molar-refractivity contribution in [1.29, 1.82) is 0 Å². The first kappa shape index (κ1) is 23.4.